The SMILES string of the molecule is Cc1cc(C)c(N(c2ccc(N(c3nc(-c4ccccc4)nc(-c4ccc(-c5ccccc5-c5ccccc5)cc4)n3)c3ccc4ccccc4c3-c3ccccc3)cc2)c2c(C)cc(C)cc2C)c(C)c1. The molecule has 1 heterocycles. The van der Waals surface area contributed by atoms with Gasteiger partial charge in [0, 0.05) is 28.1 Å². The number of fused-ring (bicyclic) bond motifs is 1. The van der Waals surface area contributed by atoms with Gasteiger partial charge in [-0.1, -0.05) is 205 Å². The fourth-order valence-corrected chi connectivity index (χ4v) is 10.6. The molecule has 0 unspecified atom stereocenters. The molecule has 0 atom stereocenters. The molecule has 0 aliphatic carbocycles. The van der Waals surface area contributed by atoms with Gasteiger partial charge >= 0.3 is 0 Å². The Morgan fingerprint density at radius 3 is 1.25 bits per heavy atom. The summed E-state index contributed by atoms with van der Waals surface area (Å²) in [4.78, 5) is 20.8. The van der Waals surface area contributed by atoms with Crippen LogP contribution in [0.15, 0.2) is 224 Å². The van der Waals surface area contributed by atoms with Crippen molar-refractivity contribution in [1.82, 2.24) is 15.0 Å². The summed E-state index contributed by atoms with van der Waals surface area (Å²) in [5.41, 5.74) is 21.3. The molecule has 0 aliphatic rings. The maximum absolute atomic E-state index is 5.47. The molecule has 0 radical (unpaired) electrons. The van der Waals surface area contributed by atoms with Gasteiger partial charge in [-0.05, 0) is 133 Å². The van der Waals surface area contributed by atoms with Crippen molar-refractivity contribution in [2.45, 2.75) is 41.5 Å². The van der Waals surface area contributed by atoms with Gasteiger partial charge in [0.05, 0.1) is 17.1 Å². The van der Waals surface area contributed by atoms with Crippen molar-refractivity contribution in [2.24, 2.45) is 0 Å². The zero-order valence-corrected chi connectivity index (χ0v) is 41.6. The first-order valence-corrected chi connectivity index (χ1v) is 24.7. The van der Waals surface area contributed by atoms with Gasteiger partial charge in [0.1, 0.15) is 0 Å². The Kier molecular flexibility index (Phi) is 12.3. The molecule has 0 spiro atoms. The summed E-state index contributed by atoms with van der Waals surface area (Å²) < 4.78 is 0. The Bertz CT molecular complexity index is 3630. The van der Waals surface area contributed by atoms with E-state index in [2.05, 4.69) is 258 Å². The fraction of sp³-hybridized carbons (Fsp3) is 0.0896. The molecule has 0 fully saturated rings. The van der Waals surface area contributed by atoms with E-state index in [1.54, 1.807) is 0 Å². The van der Waals surface area contributed by atoms with Crippen LogP contribution >= 0.6 is 0 Å². The molecule has 5 heteroatoms. The van der Waals surface area contributed by atoms with Crippen LogP contribution in [-0.2, 0) is 0 Å². The van der Waals surface area contributed by atoms with E-state index >= 15 is 0 Å². The molecule has 10 aromatic carbocycles. The molecule has 72 heavy (non-hydrogen) atoms. The molecular formula is C67H55N5. The lowest BCUT2D eigenvalue weighted by Crippen LogP contribution is -2.18. The van der Waals surface area contributed by atoms with Gasteiger partial charge in [-0.15, -0.1) is 0 Å². The van der Waals surface area contributed by atoms with E-state index in [0.717, 1.165) is 61.2 Å². The van der Waals surface area contributed by atoms with Gasteiger partial charge < -0.3 is 4.90 Å². The summed E-state index contributed by atoms with van der Waals surface area (Å²) in [6.07, 6.45) is 0. The number of hydrogen-bond acceptors (Lipinski definition) is 5. The van der Waals surface area contributed by atoms with Crippen LogP contribution < -0.4 is 9.80 Å². The molecule has 0 bridgehead atoms. The van der Waals surface area contributed by atoms with Crippen molar-refractivity contribution in [3.63, 3.8) is 0 Å². The maximum atomic E-state index is 5.47. The molecular weight excluding hydrogens is 875 g/mol. The molecule has 0 amide bonds. The van der Waals surface area contributed by atoms with Crippen LogP contribution in [0.4, 0.5) is 34.4 Å². The highest BCUT2D eigenvalue weighted by atomic mass is 15.3. The average molecular weight is 930 g/mol. The predicted octanol–water partition coefficient (Wildman–Crippen LogP) is 18.1. The zero-order chi connectivity index (χ0) is 49.3. The Labute approximate surface area is 423 Å². The Balaban J connectivity index is 1.13. The first-order chi connectivity index (χ1) is 35.2. The molecule has 11 rings (SSSR count). The quantitative estimate of drug-likeness (QED) is 0.129. The summed E-state index contributed by atoms with van der Waals surface area (Å²) in [5.74, 6) is 1.66. The summed E-state index contributed by atoms with van der Waals surface area (Å²) in [7, 11) is 0. The monoisotopic (exact) mass is 929 g/mol. The Morgan fingerprint density at radius 2 is 0.722 bits per heavy atom. The fourth-order valence-electron chi connectivity index (χ4n) is 10.6. The second-order valence-electron chi connectivity index (χ2n) is 18.9. The highest BCUT2D eigenvalue weighted by molar-refractivity contribution is 6.05. The van der Waals surface area contributed by atoms with Crippen molar-refractivity contribution in [1.29, 1.82) is 0 Å². The third-order valence-corrected chi connectivity index (χ3v) is 13.6. The van der Waals surface area contributed by atoms with Crippen molar-refractivity contribution in [3.05, 3.63) is 258 Å². The minimum absolute atomic E-state index is 0.505. The number of aromatic nitrogens is 3. The second kappa shape index (κ2) is 19.5. The molecule has 1 aromatic heterocycles. The van der Waals surface area contributed by atoms with Crippen LogP contribution in [0, 0.1) is 41.5 Å². The van der Waals surface area contributed by atoms with E-state index in [-0.39, 0.29) is 0 Å². The van der Waals surface area contributed by atoms with E-state index in [9.17, 15) is 0 Å². The highest BCUT2D eigenvalue weighted by Crippen LogP contribution is 2.47. The molecule has 348 valence electrons. The largest absolute Gasteiger partial charge is 0.309 e. The van der Waals surface area contributed by atoms with Crippen molar-refractivity contribution in [3.8, 4) is 56.2 Å². The standard InChI is InChI=1S/C67H55N5/c1-44-40-46(3)63(47(4)41-44)72(64-48(5)42-45(2)43-49(64)6)57-37-35-56(36-38-57)71(61-39-34-51-22-16-17-29-60(51)62(61)53-23-12-8-13-24-53)67-69-65(54-25-14-9-15-26-54)68-66(70-67)55-32-30-52(31-33-55)59-28-19-18-27-58(59)50-20-10-7-11-21-50/h7-43H,1-6H3. The lowest BCUT2D eigenvalue weighted by Gasteiger charge is -2.32. The molecule has 0 saturated carbocycles. The van der Waals surface area contributed by atoms with E-state index in [1.807, 2.05) is 18.2 Å². The van der Waals surface area contributed by atoms with Crippen LogP contribution in [0.5, 0.6) is 0 Å². The molecule has 0 N–H and O–H groups in total. The molecule has 0 saturated heterocycles. The third kappa shape index (κ3) is 8.82. The van der Waals surface area contributed by atoms with E-state index < -0.39 is 0 Å². The van der Waals surface area contributed by atoms with E-state index in [4.69, 9.17) is 15.0 Å². The number of hydrogen-bond donors (Lipinski definition) is 0. The minimum atomic E-state index is 0.505. The van der Waals surface area contributed by atoms with Gasteiger partial charge in [-0.2, -0.15) is 9.97 Å². The van der Waals surface area contributed by atoms with Crippen molar-refractivity contribution >= 4 is 45.2 Å². The predicted molar refractivity (Wildman–Crippen MR) is 302 cm³/mol. The third-order valence-electron chi connectivity index (χ3n) is 13.6. The summed E-state index contributed by atoms with van der Waals surface area (Å²) in [6, 6.07) is 79.7. The number of rotatable bonds is 11. The van der Waals surface area contributed by atoms with E-state index in [1.165, 1.54) is 55.9 Å². The molecule has 5 nitrogen and oxygen atoms in total. The lowest BCUT2D eigenvalue weighted by atomic mass is 9.94. The Morgan fingerprint density at radius 1 is 0.319 bits per heavy atom. The average Bonchev–Trinajstić information content (AvgIpc) is 3.41. The summed E-state index contributed by atoms with van der Waals surface area (Å²) in [6.45, 7) is 13.2. The van der Waals surface area contributed by atoms with Gasteiger partial charge in [0.15, 0.2) is 11.6 Å². The normalized spacial score (nSPS) is 11.2. The Hall–Kier alpha value is -8.93. The number of benzene rings is 10. The zero-order valence-electron chi connectivity index (χ0n) is 41.6. The lowest BCUT2D eigenvalue weighted by molar-refractivity contribution is 1.02. The second-order valence-corrected chi connectivity index (χ2v) is 18.9. The summed E-state index contributed by atoms with van der Waals surface area (Å²) >= 11 is 0. The van der Waals surface area contributed by atoms with Crippen LogP contribution in [0.1, 0.15) is 33.4 Å². The van der Waals surface area contributed by atoms with Crippen LogP contribution in [0.2, 0.25) is 0 Å². The highest BCUT2D eigenvalue weighted by Gasteiger charge is 2.26. The number of anilines is 6. The first kappa shape index (κ1) is 45.5. The molecule has 11 aromatic rings. The van der Waals surface area contributed by atoms with Crippen molar-refractivity contribution < 1.29 is 0 Å². The first-order valence-electron chi connectivity index (χ1n) is 24.7. The van der Waals surface area contributed by atoms with Gasteiger partial charge in [-0.25, -0.2) is 4.98 Å². The van der Waals surface area contributed by atoms with Gasteiger partial charge in [-0.3, -0.25) is 4.90 Å². The van der Waals surface area contributed by atoms with E-state index in [0.29, 0.717) is 17.6 Å². The van der Waals surface area contributed by atoms with Crippen LogP contribution in [0.3, 0.4) is 0 Å². The minimum Gasteiger partial charge on any atom is -0.309 e. The van der Waals surface area contributed by atoms with Gasteiger partial charge in [0.2, 0.25) is 5.95 Å². The number of nitrogens with zero attached hydrogens (tertiary/aromatic N) is 5. The van der Waals surface area contributed by atoms with Crippen LogP contribution in [0.25, 0.3) is 66.9 Å². The maximum Gasteiger partial charge on any atom is 0.238 e. The number of aryl methyl sites for hydroxylation is 6. The molecule has 0 aliphatic heterocycles. The van der Waals surface area contributed by atoms with Gasteiger partial charge in [0.25, 0.3) is 0 Å². The van der Waals surface area contributed by atoms with Crippen molar-refractivity contribution in [2.75, 3.05) is 9.80 Å². The summed E-state index contributed by atoms with van der Waals surface area (Å²) in [5, 5.41) is 2.28. The topological polar surface area (TPSA) is 45.2 Å². The van der Waals surface area contributed by atoms with Crippen LogP contribution in [-0.4, -0.2) is 15.0 Å². The smallest absolute Gasteiger partial charge is 0.238 e.